The van der Waals surface area contributed by atoms with Crippen LogP contribution in [0.1, 0.15) is 18.1 Å². The first kappa shape index (κ1) is 13.4. The first-order valence-corrected chi connectivity index (χ1v) is 8.18. The van der Waals surface area contributed by atoms with Gasteiger partial charge in [-0.05, 0) is 23.4 Å². The van der Waals surface area contributed by atoms with Crippen molar-refractivity contribution >= 4 is 34.9 Å². The zero-order valence-electron chi connectivity index (χ0n) is 9.79. The van der Waals surface area contributed by atoms with Crippen molar-refractivity contribution in [3.63, 3.8) is 0 Å². The van der Waals surface area contributed by atoms with Gasteiger partial charge in [-0.2, -0.15) is 5.26 Å². The number of aromatic nitrogens is 2. The van der Waals surface area contributed by atoms with Gasteiger partial charge in [0.25, 0.3) is 0 Å². The highest BCUT2D eigenvalue weighted by Gasteiger charge is 2.05. The van der Waals surface area contributed by atoms with Crippen molar-refractivity contribution < 1.29 is 0 Å². The van der Waals surface area contributed by atoms with Gasteiger partial charge in [0.1, 0.15) is 0 Å². The van der Waals surface area contributed by atoms with Gasteiger partial charge in [0.2, 0.25) is 0 Å². The highest BCUT2D eigenvalue weighted by Crippen LogP contribution is 2.30. The molecule has 0 aliphatic carbocycles. The molecule has 0 N–H and O–H groups in total. The molecule has 0 amide bonds. The zero-order valence-corrected chi connectivity index (χ0v) is 12.2. The van der Waals surface area contributed by atoms with E-state index in [1.165, 1.54) is 0 Å². The van der Waals surface area contributed by atoms with Crippen LogP contribution < -0.4 is 0 Å². The van der Waals surface area contributed by atoms with E-state index in [0.717, 1.165) is 25.7 Å². The van der Waals surface area contributed by atoms with E-state index in [-0.39, 0.29) is 0 Å². The Hall–Kier alpha value is -1.03. The molecule has 2 rings (SSSR count). The molecule has 0 saturated heterocycles. The van der Waals surface area contributed by atoms with Crippen LogP contribution in [0, 0.1) is 11.3 Å². The van der Waals surface area contributed by atoms with E-state index in [9.17, 15) is 0 Å². The molecule has 0 unspecified atom stereocenters. The Bertz CT molecular complexity index is 560. The monoisotopic (exact) mass is 293 g/mol. The van der Waals surface area contributed by atoms with Crippen LogP contribution in [0.15, 0.2) is 32.9 Å². The van der Waals surface area contributed by atoms with Gasteiger partial charge in [-0.25, -0.2) is 0 Å². The molecule has 6 heteroatoms. The maximum absolute atomic E-state index is 8.83. The maximum atomic E-state index is 8.83. The van der Waals surface area contributed by atoms with Gasteiger partial charge in [-0.3, -0.25) is 0 Å². The summed E-state index contributed by atoms with van der Waals surface area (Å²) in [4.78, 5) is 0. The lowest BCUT2D eigenvalue weighted by Crippen LogP contribution is -1.82. The number of nitriles is 1. The largest absolute Gasteiger partial charge is 0.192 e. The van der Waals surface area contributed by atoms with Crippen molar-refractivity contribution in [3.8, 4) is 6.07 Å². The number of hydrogen-bond acceptors (Lipinski definition) is 6. The van der Waals surface area contributed by atoms with Crippen LogP contribution in [0.5, 0.6) is 0 Å². The Morgan fingerprint density at radius 3 is 2.78 bits per heavy atom. The molecular formula is C12H11N3S3. The van der Waals surface area contributed by atoms with Crippen molar-refractivity contribution in [2.24, 2.45) is 0 Å². The molecule has 1 aromatic carbocycles. The van der Waals surface area contributed by atoms with Crippen LogP contribution in [0.2, 0.25) is 0 Å². The van der Waals surface area contributed by atoms with Crippen LogP contribution in [-0.4, -0.2) is 16.0 Å². The average Bonchev–Trinajstić information content (AvgIpc) is 2.85. The van der Waals surface area contributed by atoms with E-state index >= 15 is 0 Å². The van der Waals surface area contributed by atoms with Gasteiger partial charge in [0.05, 0.1) is 11.6 Å². The fraction of sp³-hybridized carbons (Fsp3) is 0.250. The van der Waals surface area contributed by atoms with Crippen molar-refractivity contribution in [1.29, 1.82) is 5.26 Å². The molecule has 1 aromatic heterocycles. The summed E-state index contributed by atoms with van der Waals surface area (Å²) in [5.41, 5.74) is 1.84. The second-order valence-electron chi connectivity index (χ2n) is 3.37. The lowest BCUT2D eigenvalue weighted by Gasteiger charge is -1.98. The smallest absolute Gasteiger partial charge is 0.175 e. The van der Waals surface area contributed by atoms with Crippen LogP contribution in [0.4, 0.5) is 0 Å². The minimum Gasteiger partial charge on any atom is -0.192 e. The first-order valence-electron chi connectivity index (χ1n) is 5.40. The molecule has 1 heterocycles. The van der Waals surface area contributed by atoms with E-state index in [2.05, 4.69) is 23.2 Å². The second-order valence-corrected chi connectivity index (χ2v) is 7.08. The predicted molar refractivity (Wildman–Crippen MR) is 77.0 cm³/mol. The summed E-state index contributed by atoms with van der Waals surface area (Å²) in [6.07, 6.45) is 0. The molecule has 3 nitrogen and oxygen atoms in total. The predicted octanol–water partition coefficient (Wildman–Crippen LogP) is 3.81. The van der Waals surface area contributed by atoms with Gasteiger partial charge in [-0.15, -0.1) is 10.2 Å². The number of nitrogens with zero attached hydrogens (tertiary/aromatic N) is 3. The summed E-state index contributed by atoms with van der Waals surface area (Å²) in [6.45, 7) is 2.10. The average molecular weight is 293 g/mol. The minimum atomic E-state index is 0.701. The Balaban J connectivity index is 1.96. The molecule has 0 aliphatic heterocycles. The highest BCUT2D eigenvalue weighted by molar-refractivity contribution is 8.02. The van der Waals surface area contributed by atoms with Crippen molar-refractivity contribution in [1.82, 2.24) is 10.2 Å². The molecular weight excluding hydrogens is 282 g/mol. The van der Waals surface area contributed by atoms with Crippen molar-refractivity contribution in [3.05, 3.63) is 35.4 Å². The maximum Gasteiger partial charge on any atom is 0.175 e. The summed E-state index contributed by atoms with van der Waals surface area (Å²) >= 11 is 5.00. The fourth-order valence-electron chi connectivity index (χ4n) is 1.31. The molecule has 0 radical (unpaired) electrons. The zero-order chi connectivity index (χ0) is 12.8. The Morgan fingerprint density at radius 1 is 1.28 bits per heavy atom. The summed E-state index contributed by atoms with van der Waals surface area (Å²) < 4.78 is 2.00. The molecule has 0 spiro atoms. The Kier molecular flexibility index (Phi) is 5.05. The topological polar surface area (TPSA) is 49.6 Å². The number of benzene rings is 1. The lowest BCUT2D eigenvalue weighted by atomic mass is 10.2. The number of thioether (sulfide) groups is 2. The van der Waals surface area contributed by atoms with E-state index in [1.54, 1.807) is 34.9 Å². The van der Waals surface area contributed by atoms with E-state index < -0.39 is 0 Å². The summed E-state index contributed by atoms with van der Waals surface area (Å²) in [7, 11) is 0. The highest BCUT2D eigenvalue weighted by atomic mass is 32.2. The van der Waals surface area contributed by atoms with Gasteiger partial charge < -0.3 is 0 Å². The molecule has 0 aliphatic rings. The van der Waals surface area contributed by atoms with Crippen LogP contribution in [0.3, 0.4) is 0 Å². The lowest BCUT2D eigenvalue weighted by molar-refractivity contribution is 0.954. The van der Waals surface area contributed by atoms with Crippen LogP contribution >= 0.6 is 34.9 Å². The first-order chi connectivity index (χ1) is 8.81. The second kappa shape index (κ2) is 6.78. The summed E-state index contributed by atoms with van der Waals surface area (Å²) in [5.74, 6) is 1.84. The van der Waals surface area contributed by atoms with Gasteiger partial charge >= 0.3 is 0 Å². The van der Waals surface area contributed by atoms with Gasteiger partial charge in [0.15, 0.2) is 8.68 Å². The van der Waals surface area contributed by atoms with E-state index in [4.69, 9.17) is 5.26 Å². The molecule has 18 heavy (non-hydrogen) atoms. The summed E-state index contributed by atoms with van der Waals surface area (Å²) in [6, 6.07) is 9.81. The minimum absolute atomic E-state index is 0.701. The van der Waals surface area contributed by atoms with Gasteiger partial charge in [-0.1, -0.05) is 53.9 Å². The van der Waals surface area contributed by atoms with Crippen LogP contribution in [0.25, 0.3) is 0 Å². The third kappa shape index (κ3) is 3.73. The molecule has 0 bridgehead atoms. The third-order valence-corrected chi connectivity index (χ3v) is 5.22. The van der Waals surface area contributed by atoms with Crippen molar-refractivity contribution in [2.45, 2.75) is 21.4 Å². The number of rotatable bonds is 5. The number of hydrogen-bond donors (Lipinski definition) is 0. The standard InChI is InChI=1S/C12H11N3S3/c1-2-16-11-14-15-12(18-11)17-8-10-5-3-4-9(6-10)7-13/h3-6H,2,8H2,1H3. The van der Waals surface area contributed by atoms with Crippen molar-refractivity contribution in [2.75, 3.05) is 5.75 Å². The molecule has 2 aromatic rings. The van der Waals surface area contributed by atoms with E-state index in [1.807, 2.05) is 24.3 Å². The third-order valence-electron chi connectivity index (χ3n) is 2.07. The SMILES string of the molecule is CCSc1nnc(SCc2cccc(C#N)c2)s1. The molecule has 0 atom stereocenters. The van der Waals surface area contributed by atoms with Crippen LogP contribution in [-0.2, 0) is 5.75 Å². The summed E-state index contributed by atoms with van der Waals surface area (Å²) in [5, 5.41) is 17.1. The Morgan fingerprint density at radius 2 is 2.06 bits per heavy atom. The Labute approximate surface area is 119 Å². The molecule has 0 saturated carbocycles. The van der Waals surface area contributed by atoms with Gasteiger partial charge in [0, 0.05) is 5.75 Å². The quantitative estimate of drug-likeness (QED) is 0.784. The normalized spacial score (nSPS) is 10.2. The van der Waals surface area contributed by atoms with E-state index in [0.29, 0.717) is 5.56 Å². The molecule has 92 valence electrons. The fourth-order valence-corrected chi connectivity index (χ4v) is 4.17. The molecule has 0 fully saturated rings.